The zero-order valence-corrected chi connectivity index (χ0v) is 23.4. The van der Waals surface area contributed by atoms with E-state index in [1.165, 1.54) is 16.2 Å². The fourth-order valence-electron chi connectivity index (χ4n) is 4.91. The molecule has 0 saturated carbocycles. The Hall–Kier alpha value is -4.57. The first kappa shape index (κ1) is 26.6. The van der Waals surface area contributed by atoms with Gasteiger partial charge in [0.15, 0.2) is 16.6 Å². The molecule has 1 amide bonds. The topological polar surface area (TPSA) is 107 Å². The van der Waals surface area contributed by atoms with Gasteiger partial charge in [0, 0.05) is 5.56 Å². The summed E-state index contributed by atoms with van der Waals surface area (Å²) in [6.07, 6.45) is 0.861. The zero-order chi connectivity index (χ0) is 28.5. The van der Waals surface area contributed by atoms with Crippen LogP contribution < -0.4 is 23.8 Å². The maximum absolute atomic E-state index is 13.6. The number of rotatable bonds is 8. The molecule has 10 heteroatoms. The van der Waals surface area contributed by atoms with Gasteiger partial charge in [-0.25, -0.2) is 4.98 Å². The minimum atomic E-state index is -0.921. The van der Waals surface area contributed by atoms with Crippen molar-refractivity contribution >= 4 is 44.1 Å². The summed E-state index contributed by atoms with van der Waals surface area (Å²) >= 11 is 1.28. The Bertz CT molecular complexity index is 1660. The molecule has 1 atom stereocenters. The second kappa shape index (κ2) is 11.1. The highest BCUT2D eigenvalue weighted by molar-refractivity contribution is 7.22. The Balaban J connectivity index is 1.48. The van der Waals surface area contributed by atoms with Crippen LogP contribution in [0.1, 0.15) is 37.4 Å². The van der Waals surface area contributed by atoms with Gasteiger partial charge in [-0.05, 0) is 67.4 Å². The van der Waals surface area contributed by atoms with Gasteiger partial charge in [0.05, 0.1) is 35.0 Å². The van der Waals surface area contributed by atoms with Crippen LogP contribution in [0.4, 0.5) is 5.13 Å². The van der Waals surface area contributed by atoms with Gasteiger partial charge in [0.25, 0.3) is 5.78 Å². The molecule has 1 fully saturated rings. The van der Waals surface area contributed by atoms with Crippen molar-refractivity contribution in [2.45, 2.75) is 26.3 Å². The van der Waals surface area contributed by atoms with E-state index < -0.39 is 17.7 Å². The minimum Gasteiger partial charge on any atom is -0.507 e. The van der Waals surface area contributed by atoms with E-state index in [1.54, 1.807) is 42.5 Å². The molecular weight excluding hydrogens is 544 g/mol. The second-order valence-electron chi connectivity index (χ2n) is 9.50. The molecule has 0 unspecified atom stereocenters. The van der Waals surface area contributed by atoms with Gasteiger partial charge in [0.1, 0.15) is 30.5 Å². The molecule has 0 bridgehead atoms. The molecule has 1 saturated heterocycles. The number of anilines is 1. The maximum atomic E-state index is 13.6. The first-order chi connectivity index (χ1) is 20.0. The van der Waals surface area contributed by atoms with Crippen LogP contribution in [0.5, 0.6) is 23.0 Å². The van der Waals surface area contributed by atoms with E-state index in [-0.39, 0.29) is 11.3 Å². The molecule has 0 spiro atoms. The number of hydrogen-bond acceptors (Lipinski definition) is 9. The van der Waals surface area contributed by atoms with Crippen LogP contribution >= 0.6 is 11.3 Å². The first-order valence-electron chi connectivity index (χ1n) is 13.5. The lowest BCUT2D eigenvalue weighted by atomic mass is 9.95. The van der Waals surface area contributed by atoms with Crippen LogP contribution in [0.15, 0.2) is 66.2 Å². The molecule has 2 aliphatic heterocycles. The Labute approximate surface area is 240 Å². The second-order valence-corrected chi connectivity index (χ2v) is 10.5. The van der Waals surface area contributed by atoms with Crippen molar-refractivity contribution in [3.63, 3.8) is 0 Å². The van der Waals surface area contributed by atoms with Crippen LogP contribution in [0.25, 0.3) is 16.0 Å². The Kier molecular flexibility index (Phi) is 7.23. The van der Waals surface area contributed by atoms with E-state index >= 15 is 0 Å². The Morgan fingerprint density at radius 2 is 1.73 bits per heavy atom. The number of fused-ring (bicyclic) bond motifs is 2. The normalized spacial score (nSPS) is 17.7. The van der Waals surface area contributed by atoms with Crippen LogP contribution in [0.3, 0.4) is 0 Å². The van der Waals surface area contributed by atoms with Crippen LogP contribution in [-0.4, -0.2) is 48.2 Å². The van der Waals surface area contributed by atoms with Crippen molar-refractivity contribution in [3.05, 3.63) is 77.4 Å². The minimum absolute atomic E-state index is 0.0387. The number of thiazole rings is 1. The summed E-state index contributed by atoms with van der Waals surface area (Å²) in [5.41, 5.74) is 1.60. The number of aromatic nitrogens is 1. The highest BCUT2D eigenvalue weighted by atomic mass is 32.1. The van der Waals surface area contributed by atoms with Gasteiger partial charge < -0.3 is 24.1 Å². The molecular formula is C31H28N2O7S. The third-order valence-electron chi connectivity index (χ3n) is 6.79. The van der Waals surface area contributed by atoms with E-state index in [9.17, 15) is 14.7 Å². The molecule has 1 aromatic heterocycles. The lowest BCUT2D eigenvalue weighted by Gasteiger charge is -2.23. The largest absolute Gasteiger partial charge is 0.507 e. The number of amides is 1. The smallest absolute Gasteiger partial charge is 0.301 e. The predicted molar refractivity (Wildman–Crippen MR) is 155 cm³/mol. The molecule has 4 aromatic rings. The quantitative estimate of drug-likeness (QED) is 0.158. The molecule has 0 aliphatic carbocycles. The van der Waals surface area contributed by atoms with Crippen molar-refractivity contribution in [1.29, 1.82) is 0 Å². The summed E-state index contributed by atoms with van der Waals surface area (Å²) in [5, 5.41) is 11.9. The number of nitrogens with zero attached hydrogens (tertiary/aromatic N) is 2. The van der Waals surface area contributed by atoms with Gasteiger partial charge in [-0.15, -0.1) is 0 Å². The molecule has 1 N–H and O–H groups in total. The number of Topliss-reactive ketones (excluding diaryl/α,β-unsaturated/α-hetero) is 1. The fraction of sp³-hybridized carbons (Fsp3) is 0.258. The number of benzene rings is 3. The molecule has 9 nitrogen and oxygen atoms in total. The average molecular weight is 573 g/mol. The van der Waals surface area contributed by atoms with Gasteiger partial charge in [0.2, 0.25) is 0 Å². The summed E-state index contributed by atoms with van der Waals surface area (Å²) in [5.74, 6) is 0.484. The molecule has 6 rings (SSSR count). The lowest BCUT2D eigenvalue weighted by molar-refractivity contribution is -0.132. The SMILES string of the molecule is CCCOc1ccc([C@H]2C(=C(O)c3ccc4c(c3)OCCO4)C(=O)C(=O)N2c2nc3ccc(OCC)cc3s2)cc1. The van der Waals surface area contributed by atoms with E-state index in [0.717, 1.165) is 11.1 Å². The van der Waals surface area contributed by atoms with Gasteiger partial charge in [-0.2, -0.15) is 0 Å². The van der Waals surface area contributed by atoms with Crippen LogP contribution in [-0.2, 0) is 9.59 Å². The molecule has 3 heterocycles. The molecule has 210 valence electrons. The number of aliphatic hydroxyl groups excluding tert-OH is 1. The predicted octanol–water partition coefficient (Wildman–Crippen LogP) is 5.88. The third-order valence-corrected chi connectivity index (χ3v) is 7.81. The van der Waals surface area contributed by atoms with E-state index in [4.69, 9.17) is 18.9 Å². The number of carbonyl (C=O) groups excluding carboxylic acids is 2. The lowest BCUT2D eigenvalue weighted by Crippen LogP contribution is -2.29. The van der Waals surface area contributed by atoms with Crippen molar-refractivity contribution in [3.8, 4) is 23.0 Å². The van der Waals surface area contributed by atoms with Gasteiger partial charge in [-0.3, -0.25) is 14.5 Å². The van der Waals surface area contributed by atoms with E-state index in [1.807, 2.05) is 32.0 Å². The highest BCUT2D eigenvalue weighted by Crippen LogP contribution is 2.45. The van der Waals surface area contributed by atoms with Crippen LogP contribution in [0.2, 0.25) is 0 Å². The molecule has 41 heavy (non-hydrogen) atoms. The van der Waals surface area contributed by atoms with Gasteiger partial charge >= 0.3 is 5.91 Å². The molecule has 2 aliphatic rings. The number of ketones is 1. The molecule has 0 radical (unpaired) electrons. The Morgan fingerprint density at radius 3 is 2.49 bits per heavy atom. The summed E-state index contributed by atoms with van der Waals surface area (Å²) in [6, 6.07) is 16.7. The molecule has 3 aromatic carbocycles. The van der Waals surface area contributed by atoms with Crippen molar-refractivity contribution in [2.24, 2.45) is 0 Å². The summed E-state index contributed by atoms with van der Waals surface area (Å²) in [4.78, 5) is 33.3. The highest BCUT2D eigenvalue weighted by Gasteiger charge is 2.48. The summed E-state index contributed by atoms with van der Waals surface area (Å²) < 4.78 is 23.4. The number of hydrogen-bond donors (Lipinski definition) is 1. The summed E-state index contributed by atoms with van der Waals surface area (Å²) in [7, 11) is 0. The number of ether oxygens (including phenoxy) is 4. The average Bonchev–Trinajstić information content (AvgIpc) is 3.53. The number of carbonyl (C=O) groups is 2. The monoisotopic (exact) mass is 572 g/mol. The van der Waals surface area contributed by atoms with Crippen LogP contribution in [0, 0.1) is 0 Å². The number of aliphatic hydroxyl groups is 1. The maximum Gasteiger partial charge on any atom is 0.301 e. The van der Waals surface area contributed by atoms with E-state index in [2.05, 4.69) is 4.98 Å². The Morgan fingerprint density at radius 1 is 0.976 bits per heavy atom. The van der Waals surface area contributed by atoms with Crippen molar-refractivity contribution in [2.75, 3.05) is 31.3 Å². The fourth-order valence-corrected chi connectivity index (χ4v) is 5.93. The van der Waals surface area contributed by atoms with E-state index in [0.29, 0.717) is 71.2 Å². The first-order valence-corrected chi connectivity index (χ1v) is 14.3. The van der Waals surface area contributed by atoms with Crippen molar-refractivity contribution in [1.82, 2.24) is 4.98 Å². The standard InChI is InChI=1S/C31H28N2O7S/c1-3-13-38-20-8-5-18(6-9-20)27-26(28(34)19-7-12-23-24(16-19)40-15-14-39-23)29(35)30(36)33(27)31-32-22-11-10-21(37-4-2)17-25(22)41-31/h5-12,16-17,27,34H,3-4,13-15H2,1-2H3/t27-/m0/s1. The van der Waals surface area contributed by atoms with Gasteiger partial charge in [-0.1, -0.05) is 30.4 Å². The van der Waals surface area contributed by atoms with Crippen molar-refractivity contribution < 1.29 is 33.6 Å². The zero-order valence-electron chi connectivity index (χ0n) is 22.6. The third kappa shape index (κ3) is 4.95. The summed E-state index contributed by atoms with van der Waals surface area (Å²) in [6.45, 7) is 5.81.